The molecule has 4 aromatic rings. The molecule has 184 valence electrons. The molecule has 0 aromatic heterocycles. The second kappa shape index (κ2) is 11.0. The van der Waals surface area contributed by atoms with E-state index in [0.29, 0.717) is 11.5 Å². The number of carboxylic acid groups (broad SMARTS) is 1. The van der Waals surface area contributed by atoms with Crippen molar-refractivity contribution in [3.63, 3.8) is 0 Å². The number of hydrogen-bond donors (Lipinski definition) is 3. The Morgan fingerprint density at radius 2 is 1.22 bits per heavy atom. The monoisotopic (exact) mass is 483 g/mol. The van der Waals surface area contributed by atoms with Gasteiger partial charge in [-0.05, 0) is 65.1 Å². The summed E-state index contributed by atoms with van der Waals surface area (Å²) in [6.07, 6.45) is 0.219. The van der Waals surface area contributed by atoms with Crippen LogP contribution >= 0.6 is 0 Å². The van der Waals surface area contributed by atoms with Crippen LogP contribution in [-0.4, -0.2) is 36.4 Å². The number of rotatable bonds is 10. The van der Waals surface area contributed by atoms with Crippen molar-refractivity contribution < 1.29 is 24.5 Å². The van der Waals surface area contributed by atoms with Gasteiger partial charge in [0.15, 0.2) is 0 Å². The lowest BCUT2D eigenvalue weighted by Gasteiger charge is -2.39. The van der Waals surface area contributed by atoms with Crippen LogP contribution in [0.15, 0.2) is 103 Å². The average molecular weight is 484 g/mol. The zero-order valence-electron chi connectivity index (χ0n) is 20.2. The largest absolute Gasteiger partial charge is 0.508 e. The van der Waals surface area contributed by atoms with Crippen LogP contribution in [0, 0.1) is 0 Å². The summed E-state index contributed by atoms with van der Waals surface area (Å²) < 4.78 is 10.8. The van der Waals surface area contributed by atoms with Gasteiger partial charge in [0.25, 0.3) is 0 Å². The smallest absolute Gasteiger partial charge is 0.321 e. The van der Waals surface area contributed by atoms with Gasteiger partial charge in [-0.3, -0.25) is 10.1 Å². The Morgan fingerprint density at radius 3 is 1.67 bits per heavy atom. The van der Waals surface area contributed by atoms with Gasteiger partial charge in [-0.2, -0.15) is 0 Å². The predicted octanol–water partition coefficient (Wildman–Crippen LogP) is 4.99. The van der Waals surface area contributed by atoms with Crippen LogP contribution in [0.4, 0.5) is 0 Å². The Hall–Kier alpha value is -4.29. The van der Waals surface area contributed by atoms with Gasteiger partial charge in [-0.1, -0.05) is 66.7 Å². The number of aliphatic carboxylic acids is 1. The van der Waals surface area contributed by atoms with Crippen molar-refractivity contribution >= 4 is 5.97 Å². The van der Waals surface area contributed by atoms with E-state index in [9.17, 15) is 15.0 Å². The minimum atomic E-state index is -1.00. The molecule has 0 aliphatic rings. The fourth-order valence-electron chi connectivity index (χ4n) is 4.45. The quantitative estimate of drug-likeness (QED) is 0.276. The second-order valence-electron chi connectivity index (χ2n) is 8.48. The number of hydrogen-bond acceptors (Lipinski definition) is 5. The highest BCUT2D eigenvalue weighted by Crippen LogP contribution is 2.39. The van der Waals surface area contributed by atoms with E-state index in [2.05, 4.69) is 5.32 Å². The third kappa shape index (κ3) is 5.19. The minimum absolute atomic E-state index is 0.133. The zero-order chi connectivity index (χ0) is 25.5. The standard InChI is InChI=1S/C30H29NO5/c1-35-26-16-10-23(11-17-26)30(22-6-4-3-5-7-22,24-12-18-27(36-2)19-13-24)31-28(29(33)34)20-21-8-14-25(32)15-9-21/h3-19,28,31-32H,20H2,1-2H3,(H,33,34)/t28-/m1/s1. The van der Waals surface area contributed by atoms with E-state index in [1.807, 2.05) is 78.9 Å². The normalized spacial score (nSPS) is 12.1. The summed E-state index contributed by atoms with van der Waals surface area (Å²) >= 11 is 0. The maximum Gasteiger partial charge on any atom is 0.321 e. The molecule has 0 saturated heterocycles. The number of carboxylic acids is 1. The first-order valence-corrected chi connectivity index (χ1v) is 11.6. The van der Waals surface area contributed by atoms with Crippen molar-refractivity contribution in [2.24, 2.45) is 0 Å². The Bertz CT molecular complexity index is 1220. The molecule has 1 atom stereocenters. The summed E-state index contributed by atoms with van der Waals surface area (Å²) in [5.74, 6) is 0.558. The molecule has 4 rings (SSSR count). The van der Waals surface area contributed by atoms with Crippen LogP contribution in [0.25, 0.3) is 0 Å². The molecular formula is C30H29NO5. The van der Waals surface area contributed by atoms with E-state index in [1.165, 1.54) is 0 Å². The van der Waals surface area contributed by atoms with Crippen LogP contribution in [0.3, 0.4) is 0 Å². The number of nitrogens with one attached hydrogen (secondary N) is 1. The number of ether oxygens (including phenoxy) is 2. The summed E-state index contributed by atoms with van der Waals surface area (Å²) in [6, 6.07) is 30.7. The average Bonchev–Trinajstić information content (AvgIpc) is 2.93. The molecule has 0 spiro atoms. The maximum absolute atomic E-state index is 12.6. The minimum Gasteiger partial charge on any atom is -0.508 e. The second-order valence-corrected chi connectivity index (χ2v) is 8.48. The van der Waals surface area contributed by atoms with Crippen LogP contribution in [0.5, 0.6) is 17.2 Å². The molecule has 3 N–H and O–H groups in total. The number of aromatic hydroxyl groups is 1. The van der Waals surface area contributed by atoms with E-state index in [4.69, 9.17) is 9.47 Å². The fraction of sp³-hybridized carbons (Fsp3) is 0.167. The molecular weight excluding hydrogens is 454 g/mol. The van der Waals surface area contributed by atoms with Crippen molar-refractivity contribution in [2.75, 3.05) is 14.2 Å². The molecule has 6 nitrogen and oxygen atoms in total. The lowest BCUT2D eigenvalue weighted by molar-refractivity contribution is -0.139. The van der Waals surface area contributed by atoms with Crippen molar-refractivity contribution in [2.45, 2.75) is 18.0 Å². The Morgan fingerprint density at radius 1 is 0.750 bits per heavy atom. The molecule has 0 amide bonds. The van der Waals surface area contributed by atoms with E-state index < -0.39 is 17.6 Å². The number of methoxy groups -OCH3 is 2. The van der Waals surface area contributed by atoms with Crippen molar-refractivity contribution in [3.05, 3.63) is 125 Å². The van der Waals surface area contributed by atoms with Gasteiger partial charge in [0.2, 0.25) is 0 Å². The van der Waals surface area contributed by atoms with Gasteiger partial charge in [-0.25, -0.2) is 0 Å². The first-order valence-electron chi connectivity index (χ1n) is 11.6. The molecule has 0 aliphatic carbocycles. The number of carbonyl (C=O) groups is 1. The van der Waals surface area contributed by atoms with Gasteiger partial charge in [0.05, 0.1) is 19.8 Å². The molecule has 0 bridgehead atoms. The topological polar surface area (TPSA) is 88.0 Å². The van der Waals surface area contributed by atoms with E-state index >= 15 is 0 Å². The molecule has 36 heavy (non-hydrogen) atoms. The van der Waals surface area contributed by atoms with Crippen molar-refractivity contribution in [3.8, 4) is 17.2 Å². The molecule has 0 saturated carbocycles. The highest BCUT2D eigenvalue weighted by Gasteiger charge is 2.40. The molecule has 0 fully saturated rings. The fourth-order valence-corrected chi connectivity index (χ4v) is 4.45. The van der Waals surface area contributed by atoms with Gasteiger partial charge >= 0.3 is 5.97 Å². The summed E-state index contributed by atoms with van der Waals surface area (Å²) in [5.41, 5.74) is 2.39. The Kier molecular flexibility index (Phi) is 7.56. The van der Waals surface area contributed by atoms with E-state index in [1.54, 1.807) is 38.5 Å². The number of benzene rings is 4. The van der Waals surface area contributed by atoms with Crippen LogP contribution in [-0.2, 0) is 16.8 Å². The van der Waals surface area contributed by atoms with E-state index in [-0.39, 0.29) is 12.2 Å². The number of phenolic OH excluding ortho intramolecular Hbond substituents is 1. The molecule has 0 aliphatic heterocycles. The van der Waals surface area contributed by atoms with E-state index in [0.717, 1.165) is 22.3 Å². The van der Waals surface area contributed by atoms with Gasteiger partial charge in [0.1, 0.15) is 23.3 Å². The zero-order valence-corrected chi connectivity index (χ0v) is 20.2. The van der Waals surface area contributed by atoms with Gasteiger partial charge in [0, 0.05) is 0 Å². The third-order valence-corrected chi connectivity index (χ3v) is 6.32. The van der Waals surface area contributed by atoms with Crippen LogP contribution in [0.2, 0.25) is 0 Å². The predicted molar refractivity (Wildman–Crippen MR) is 139 cm³/mol. The summed E-state index contributed by atoms with van der Waals surface area (Å²) in [6.45, 7) is 0. The Labute approximate surface area is 210 Å². The van der Waals surface area contributed by atoms with Crippen molar-refractivity contribution in [1.29, 1.82) is 0 Å². The lowest BCUT2D eigenvalue weighted by atomic mass is 9.76. The molecule has 4 aromatic carbocycles. The SMILES string of the molecule is COc1ccc(C(N[C@H](Cc2ccc(O)cc2)C(=O)O)(c2ccccc2)c2ccc(OC)cc2)cc1. The highest BCUT2D eigenvalue weighted by molar-refractivity contribution is 5.74. The first kappa shape index (κ1) is 24.8. The van der Waals surface area contributed by atoms with Crippen molar-refractivity contribution in [1.82, 2.24) is 5.32 Å². The molecule has 6 heteroatoms. The summed E-state index contributed by atoms with van der Waals surface area (Å²) in [7, 11) is 3.22. The number of phenols is 1. The van der Waals surface area contributed by atoms with Gasteiger partial charge in [-0.15, -0.1) is 0 Å². The Balaban J connectivity index is 1.91. The summed E-state index contributed by atoms with van der Waals surface area (Å²) in [4.78, 5) is 12.6. The van der Waals surface area contributed by atoms with Gasteiger partial charge < -0.3 is 19.7 Å². The molecule has 0 radical (unpaired) electrons. The maximum atomic E-state index is 12.6. The highest BCUT2D eigenvalue weighted by atomic mass is 16.5. The lowest BCUT2D eigenvalue weighted by Crippen LogP contribution is -2.53. The summed E-state index contributed by atoms with van der Waals surface area (Å²) in [5, 5.41) is 23.5. The molecule has 0 unspecified atom stereocenters. The van der Waals surface area contributed by atoms with Crippen LogP contribution < -0.4 is 14.8 Å². The first-order chi connectivity index (χ1) is 17.5. The molecule has 0 heterocycles. The third-order valence-electron chi connectivity index (χ3n) is 6.32. The van der Waals surface area contributed by atoms with Crippen LogP contribution in [0.1, 0.15) is 22.3 Å².